The highest BCUT2D eigenvalue weighted by molar-refractivity contribution is 5.89. The third kappa shape index (κ3) is 5.97. The van der Waals surface area contributed by atoms with Crippen LogP contribution in [-0.4, -0.2) is 105 Å². The molecule has 6 N–H and O–H groups in total. The summed E-state index contributed by atoms with van der Waals surface area (Å²) < 4.78 is 32.6. The molecule has 0 radical (unpaired) electrons. The van der Waals surface area contributed by atoms with Crippen molar-refractivity contribution in [3.05, 3.63) is 70.1 Å². The van der Waals surface area contributed by atoms with Crippen LogP contribution in [0.15, 0.2) is 57.7 Å². The topological polar surface area (TPSA) is 215 Å². The number of aliphatic hydroxyl groups excluding tert-OH is 4. The lowest BCUT2D eigenvalue weighted by molar-refractivity contribution is -0.289. The van der Waals surface area contributed by atoms with Crippen molar-refractivity contribution in [1.29, 1.82) is 0 Å². The number of esters is 1. The van der Waals surface area contributed by atoms with Crippen LogP contribution in [0.2, 0.25) is 0 Å². The van der Waals surface area contributed by atoms with E-state index in [9.17, 15) is 40.2 Å². The number of aromatic hydroxyl groups is 1. The third-order valence-corrected chi connectivity index (χ3v) is 7.14. The fourth-order valence-corrected chi connectivity index (χ4v) is 4.71. The third-order valence-electron chi connectivity index (χ3n) is 7.14. The summed E-state index contributed by atoms with van der Waals surface area (Å²) in [7, 11) is 0. The van der Waals surface area contributed by atoms with Crippen molar-refractivity contribution in [3.63, 3.8) is 0 Å². The molecule has 14 heteroatoms. The molecule has 0 saturated carbocycles. The minimum absolute atomic E-state index is 0.0214. The number of phenols is 1. The summed E-state index contributed by atoms with van der Waals surface area (Å²) in [5, 5.41) is 62.7. The number of aliphatic hydroxyl groups is 5. The number of benzene rings is 2. The second-order valence-corrected chi connectivity index (χ2v) is 10.2. The Kier molecular flexibility index (Phi) is 8.50. The first-order chi connectivity index (χ1) is 20.0. The second kappa shape index (κ2) is 11.9. The zero-order valence-corrected chi connectivity index (χ0v) is 22.2. The average molecular weight is 591 g/mol. The Morgan fingerprint density at radius 1 is 1.02 bits per heavy atom. The predicted molar refractivity (Wildman–Crippen MR) is 140 cm³/mol. The number of aryl methyl sites for hydroxylation is 1. The van der Waals surface area contributed by atoms with E-state index >= 15 is 0 Å². The van der Waals surface area contributed by atoms with Gasteiger partial charge < -0.3 is 58.7 Å². The molecular formula is C28H30O14. The van der Waals surface area contributed by atoms with Crippen LogP contribution in [0.3, 0.4) is 0 Å². The maximum atomic E-state index is 12.2. The van der Waals surface area contributed by atoms with E-state index in [1.165, 1.54) is 24.3 Å². The molecule has 14 nitrogen and oxygen atoms in total. The van der Waals surface area contributed by atoms with E-state index in [1.54, 1.807) is 25.1 Å². The van der Waals surface area contributed by atoms with Crippen LogP contribution in [0.4, 0.5) is 0 Å². The molecule has 3 heterocycles. The van der Waals surface area contributed by atoms with Crippen molar-refractivity contribution in [2.24, 2.45) is 0 Å². The summed E-state index contributed by atoms with van der Waals surface area (Å²) in [6.07, 6.45) is -11.1. The summed E-state index contributed by atoms with van der Waals surface area (Å²) in [6.45, 7) is 0.152. The van der Waals surface area contributed by atoms with E-state index in [4.69, 9.17) is 28.1 Å². The van der Waals surface area contributed by atoms with Gasteiger partial charge in [0.1, 0.15) is 54.2 Å². The van der Waals surface area contributed by atoms with Crippen molar-refractivity contribution in [2.75, 3.05) is 19.8 Å². The molecule has 0 spiro atoms. The van der Waals surface area contributed by atoms with Gasteiger partial charge in [0, 0.05) is 0 Å². The smallest absolute Gasteiger partial charge is 0.339 e. The number of hydrogen-bond acceptors (Lipinski definition) is 14. The number of hydrogen-bond donors (Lipinski definition) is 6. The highest BCUT2D eigenvalue weighted by Crippen LogP contribution is 2.32. The SMILES string of the molecule is Cc1cccc2oc(=O)cc(OC3OC(COC4OCC(O)(COC(=O)c5ccc(O)cc5)C4O)C(O)C(O)C3O)c12. The molecule has 2 aromatic carbocycles. The Hall–Kier alpha value is -3.60. The van der Waals surface area contributed by atoms with Gasteiger partial charge in [-0.25, -0.2) is 9.59 Å². The van der Waals surface area contributed by atoms with Gasteiger partial charge in [0.2, 0.25) is 6.29 Å². The van der Waals surface area contributed by atoms with Crippen LogP contribution in [0, 0.1) is 6.92 Å². The standard InChI is InChI=1S/C28H30O14/c1-13-3-2-4-16-20(13)17(9-19(30)40-16)41-26-23(33)22(32)21(31)18(42-26)10-37-27-24(34)28(36,12-39-27)11-38-25(35)14-5-7-15(29)8-6-14/h2-9,18,21-24,26-27,29,31-34,36H,10-12H2,1H3. The molecule has 1 aromatic heterocycles. The molecule has 8 atom stereocenters. The van der Waals surface area contributed by atoms with Crippen molar-refractivity contribution >= 4 is 16.9 Å². The molecule has 3 aromatic rings. The van der Waals surface area contributed by atoms with Crippen LogP contribution >= 0.6 is 0 Å². The van der Waals surface area contributed by atoms with Crippen LogP contribution < -0.4 is 10.4 Å². The summed E-state index contributed by atoms with van der Waals surface area (Å²) in [5.74, 6) is -0.836. The molecule has 0 amide bonds. The molecule has 2 aliphatic heterocycles. The Morgan fingerprint density at radius 3 is 2.50 bits per heavy atom. The van der Waals surface area contributed by atoms with Crippen molar-refractivity contribution in [3.8, 4) is 11.5 Å². The van der Waals surface area contributed by atoms with E-state index < -0.39 is 80.1 Å². The van der Waals surface area contributed by atoms with Crippen LogP contribution in [-0.2, 0) is 18.9 Å². The van der Waals surface area contributed by atoms with Gasteiger partial charge in [-0.3, -0.25) is 0 Å². The van der Waals surface area contributed by atoms with Gasteiger partial charge in [0.25, 0.3) is 0 Å². The summed E-state index contributed by atoms with van der Waals surface area (Å²) in [4.78, 5) is 24.3. The molecule has 226 valence electrons. The monoisotopic (exact) mass is 590 g/mol. The molecule has 8 unspecified atom stereocenters. The summed E-state index contributed by atoms with van der Waals surface area (Å²) in [6, 6.07) is 11.3. The van der Waals surface area contributed by atoms with Gasteiger partial charge in [0.15, 0.2) is 11.9 Å². The largest absolute Gasteiger partial charge is 0.508 e. The zero-order chi connectivity index (χ0) is 30.2. The Balaban J connectivity index is 1.22. The minimum atomic E-state index is -2.03. The molecule has 5 rings (SSSR count). The van der Waals surface area contributed by atoms with Crippen LogP contribution in [0.25, 0.3) is 11.0 Å². The number of fused-ring (bicyclic) bond motifs is 1. The van der Waals surface area contributed by atoms with Crippen molar-refractivity contribution in [1.82, 2.24) is 0 Å². The van der Waals surface area contributed by atoms with Gasteiger partial charge in [-0.05, 0) is 42.8 Å². The van der Waals surface area contributed by atoms with Gasteiger partial charge in [-0.1, -0.05) is 12.1 Å². The fraction of sp³-hybridized carbons (Fsp3) is 0.429. The Morgan fingerprint density at radius 2 is 1.76 bits per heavy atom. The molecule has 0 bridgehead atoms. The lowest BCUT2D eigenvalue weighted by Gasteiger charge is -2.40. The summed E-state index contributed by atoms with van der Waals surface area (Å²) in [5.41, 5.74) is -1.71. The summed E-state index contributed by atoms with van der Waals surface area (Å²) >= 11 is 0. The first-order valence-corrected chi connectivity index (χ1v) is 13.0. The molecule has 42 heavy (non-hydrogen) atoms. The lowest BCUT2D eigenvalue weighted by Crippen LogP contribution is -2.60. The molecule has 2 aliphatic rings. The average Bonchev–Trinajstić information content (AvgIpc) is 3.24. The highest BCUT2D eigenvalue weighted by Gasteiger charge is 2.51. The van der Waals surface area contributed by atoms with Gasteiger partial charge >= 0.3 is 11.6 Å². The quantitative estimate of drug-likeness (QED) is 0.142. The van der Waals surface area contributed by atoms with E-state index in [2.05, 4.69) is 0 Å². The molecule has 0 aliphatic carbocycles. The molecular weight excluding hydrogens is 560 g/mol. The fourth-order valence-electron chi connectivity index (χ4n) is 4.71. The van der Waals surface area contributed by atoms with E-state index in [0.29, 0.717) is 10.9 Å². The van der Waals surface area contributed by atoms with Crippen molar-refractivity contribution < 1.29 is 63.5 Å². The molecule has 2 fully saturated rings. The first-order valence-electron chi connectivity index (χ1n) is 13.0. The van der Waals surface area contributed by atoms with Gasteiger partial charge in [0.05, 0.1) is 30.2 Å². The Bertz CT molecular complexity index is 1470. The number of rotatable bonds is 8. The van der Waals surface area contributed by atoms with Gasteiger partial charge in [-0.15, -0.1) is 0 Å². The van der Waals surface area contributed by atoms with Crippen molar-refractivity contribution in [2.45, 2.75) is 55.6 Å². The number of carbonyl (C=O) groups is 1. The number of phenolic OH excluding ortho intramolecular Hbond substituents is 1. The zero-order valence-electron chi connectivity index (χ0n) is 22.2. The normalized spacial score (nSPS) is 31.2. The van der Waals surface area contributed by atoms with E-state index in [0.717, 1.165) is 6.07 Å². The molecule has 2 saturated heterocycles. The number of carbonyl (C=O) groups excluding carboxylic acids is 1. The first kappa shape index (κ1) is 29.9. The van der Waals surface area contributed by atoms with Crippen LogP contribution in [0.5, 0.6) is 11.5 Å². The highest BCUT2D eigenvalue weighted by atomic mass is 16.7. The van der Waals surface area contributed by atoms with Gasteiger partial charge in [-0.2, -0.15) is 0 Å². The maximum Gasteiger partial charge on any atom is 0.339 e. The predicted octanol–water partition coefficient (Wildman–Crippen LogP) is -0.685. The minimum Gasteiger partial charge on any atom is -0.508 e. The second-order valence-electron chi connectivity index (χ2n) is 10.2. The van der Waals surface area contributed by atoms with E-state index in [-0.39, 0.29) is 22.6 Å². The Labute approximate surface area is 237 Å². The van der Waals surface area contributed by atoms with E-state index in [1.807, 2.05) is 0 Å². The maximum absolute atomic E-state index is 12.2. The lowest BCUT2D eigenvalue weighted by atomic mass is 9.99. The number of ether oxygens (including phenoxy) is 5. The van der Waals surface area contributed by atoms with Crippen LogP contribution in [0.1, 0.15) is 15.9 Å².